The lowest BCUT2D eigenvalue weighted by Gasteiger charge is -2.31. The van der Waals surface area contributed by atoms with Crippen LogP contribution in [0.2, 0.25) is 0 Å². The highest BCUT2D eigenvalue weighted by Crippen LogP contribution is 2.28. The molecule has 1 heterocycles. The number of methoxy groups -OCH3 is 1. The van der Waals surface area contributed by atoms with Gasteiger partial charge in [-0.15, -0.1) is 0 Å². The number of quaternary nitrogens is 1. The standard InChI is InChI=1S/C46H69N3O4/c1-49(2,37-23-12-13-24-38-52-39-41-27-17-20-30-45(41)51-3)36-22-11-9-7-5-4-6-8-10-21-33-48-34-31-42(32-35-48)53-46(50)47-44-29-19-18-28-43(44)40-25-15-14-16-26-40/h14-20,25-30,42H,4-13,21-24,31-39H2,1-3H3/p+1. The maximum atomic E-state index is 12.7. The van der Waals surface area contributed by atoms with Gasteiger partial charge in [-0.2, -0.15) is 0 Å². The average molecular weight is 729 g/mol. The smallest absolute Gasteiger partial charge is 0.411 e. The highest BCUT2D eigenvalue weighted by Gasteiger charge is 2.22. The summed E-state index contributed by atoms with van der Waals surface area (Å²) < 4.78 is 18.3. The van der Waals surface area contributed by atoms with Crippen LogP contribution in [0.3, 0.4) is 0 Å². The van der Waals surface area contributed by atoms with Gasteiger partial charge in [0.1, 0.15) is 11.9 Å². The van der Waals surface area contributed by atoms with Crippen molar-refractivity contribution in [1.82, 2.24) is 4.90 Å². The zero-order valence-electron chi connectivity index (χ0n) is 33.4. The predicted octanol–water partition coefficient (Wildman–Crippen LogP) is 11.1. The van der Waals surface area contributed by atoms with Crippen LogP contribution in [0.25, 0.3) is 11.1 Å². The maximum Gasteiger partial charge on any atom is 0.411 e. The van der Waals surface area contributed by atoms with Crippen LogP contribution in [0, 0.1) is 0 Å². The van der Waals surface area contributed by atoms with Crippen molar-refractivity contribution in [1.29, 1.82) is 0 Å². The Morgan fingerprint density at radius 1 is 0.698 bits per heavy atom. The number of piperidine rings is 1. The lowest BCUT2D eigenvalue weighted by Crippen LogP contribution is -2.41. The van der Waals surface area contributed by atoms with Crippen LogP contribution in [0.5, 0.6) is 5.75 Å². The summed E-state index contributed by atoms with van der Waals surface area (Å²) in [4.78, 5) is 15.3. The van der Waals surface area contributed by atoms with Gasteiger partial charge in [-0.1, -0.05) is 118 Å². The molecule has 1 saturated heterocycles. The maximum absolute atomic E-state index is 12.7. The van der Waals surface area contributed by atoms with Crippen molar-refractivity contribution in [3.05, 3.63) is 84.4 Å². The monoisotopic (exact) mass is 729 g/mol. The highest BCUT2D eigenvalue weighted by atomic mass is 16.6. The summed E-state index contributed by atoms with van der Waals surface area (Å²) in [6.45, 7) is 7.22. The minimum atomic E-state index is -0.354. The highest BCUT2D eigenvalue weighted by molar-refractivity contribution is 5.91. The number of carbonyl (C=O) groups excluding carboxylic acids is 1. The lowest BCUT2D eigenvalue weighted by molar-refractivity contribution is -0.890. The molecular formula is C46H70N3O4+. The third kappa shape index (κ3) is 17.1. The quantitative estimate of drug-likeness (QED) is 0.0659. The van der Waals surface area contributed by atoms with Crippen LogP contribution in [0.1, 0.15) is 108 Å². The Morgan fingerprint density at radius 3 is 1.94 bits per heavy atom. The number of benzene rings is 3. The number of anilines is 1. The molecule has 1 aliphatic rings. The summed E-state index contributed by atoms with van der Waals surface area (Å²) in [5.74, 6) is 0.911. The Hall–Kier alpha value is -3.39. The molecule has 292 valence electrons. The molecule has 0 atom stereocenters. The number of rotatable bonds is 26. The Morgan fingerprint density at radius 2 is 1.26 bits per heavy atom. The van der Waals surface area contributed by atoms with Crippen LogP contribution in [-0.2, 0) is 16.1 Å². The van der Waals surface area contributed by atoms with Gasteiger partial charge in [0.15, 0.2) is 0 Å². The second kappa shape index (κ2) is 24.8. The number of para-hydroxylation sites is 2. The zero-order chi connectivity index (χ0) is 37.4. The van der Waals surface area contributed by atoms with Gasteiger partial charge in [-0.25, -0.2) is 4.79 Å². The first-order valence-electron chi connectivity index (χ1n) is 20.8. The third-order valence-corrected chi connectivity index (χ3v) is 10.8. The van der Waals surface area contributed by atoms with Crippen LogP contribution in [-0.4, -0.2) is 82.1 Å². The number of unbranched alkanes of at least 4 members (excludes halogenated alkanes) is 12. The van der Waals surface area contributed by atoms with E-state index in [0.717, 1.165) is 71.6 Å². The summed E-state index contributed by atoms with van der Waals surface area (Å²) in [5.41, 5.74) is 3.99. The van der Waals surface area contributed by atoms with Crippen molar-refractivity contribution < 1.29 is 23.5 Å². The van der Waals surface area contributed by atoms with E-state index in [4.69, 9.17) is 14.2 Å². The van der Waals surface area contributed by atoms with Crippen molar-refractivity contribution in [2.24, 2.45) is 0 Å². The fourth-order valence-corrected chi connectivity index (χ4v) is 7.51. The van der Waals surface area contributed by atoms with Gasteiger partial charge in [-0.3, -0.25) is 5.32 Å². The van der Waals surface area contributed by atoms with Crippen molar-refractivity contribution >= 4 is 11.8 Å². The molecule has 3 aromatic rings. The van der Waals surface area contributed by atoms with E-state index in [2.05, 4.69) is 42.5 Å². The molecule has 0 bridgehead atoms. The van der Waals surface area contributed by atoms with Gasteiger partial charge in [0, 0.05) is 30.8 Å². The average Bonchev–Trinajstić information content (AvgIpc) is 3.17. The van der Waals surface area contributed by atoms with Crippen molar-refractivity contribution in [2.75, 3.05) is 65.9 Å². The third-order valence-electron chi connectivity index (χ3n) is 10.8. The largest absolute Gasteiger partial charge is 0.496 e. The Bertz CT molecular complexity index is 1410. The number of nitrogens with one attached hydrogen (secondary N) is 1. The first kappa shape index (κ1) is 42.4. The molecule has 7 nitrogen and oxygen atoms in total. The van der Waals surface area contributed by atoms with Crippen LogP contribution < -0.4 is 10.1 Å². The fourth-order valence-electron chi connectivity index (χ4n) is 7.51. The predicted molar refractivity (Wildman–Crippen MR) is 221 cm³/mol. The summed E-state index contributed by atoms with van der Waals surface area (Å²) in [6.07, 6.45) is 20.0. The molecule has 0 aliphatic carbocycles. The normalized spacial score (nSPS) is 13.9. The lowest BCUT2D eigenvalue weighted by atomic mass is 10.0. The number of carbonyl (C=O) groups is 1. The van der Waals surface area contributed by atoms with Gasteiger partial charge in [-0.05, 0) is 75.6 Å². The SMILES string of the molecule is COc1ccccc1COCCCCCC[N+](C)(C)CCCCCCCCCCCCN1CCC(OC(=O)Nc2ccccc2-c2ccccc2)CC1. The van der Waals surface area contributed by atoms with E-state index in [0.29, 0.717) is 6.61 Å². The molecule has 7 heteroatoms. The second-order valence-corrected chi connectivity index (χ2v) is 15.7. The first-order chi connectivity index (χ1) is 25.9. The molecule has 0 unspecified atom stereocenters. The summed E-state index contributed by atoms with van der Waals surface area (Å²) in [7, 11) is 6.53. The molecule has 1 amide bonds. The first-order valence-corrected chi connectivity index (χ1v) is 20.8. The fraction of sp³-hybridized carbons (Fsp3) is 0.587. The van der Waals surface area contributed by atoms with E-state index in [9.17, 15) is 4.79 Å². The van der Waals surface area contributed by atoms with Crippen LogP contribution in [0.4, 0.5) is 10.5 Å². The van der Waals surface area contributed by atoms with E-state index in [-0.39, 0.29) is 12.2 Å². The van der Waals surface area contributed by atoms with Crippen molar-refractivity contribution in [3.63, 3.8) is 0 Å². The molecule has 0 radical (unpaired) electrons. The number of nitrogens with zero attached hydrogens (tertiary/aromatic N) is 2. The Balaban J connectivity index is 0.901. The molecule has 1 N–H and O–H groups in total. The zero-order valence-corrected chi connectivity index (χ0v) is 33.4. The summed E-state index contributed by atoms with van der Waals surface area (Å²) in [5, 5.41) is 2.99. The van der Waals surface area contributed by atoms with E-state index < -0.39 is 0 Å². The Labute approximate surface area is 322 Å². The molecule has 0 saturated carbocycles. The molecule has 53 heavy (non-hydrogen) atoms. The number of hydrogen-bond donors (Lipinski definition) is 1. The molecular weight excluding hydrogens is 659 g/mol. The van der Waals surface area contributed by atoms with Gasteiger partial charge in [0.05, 0.1) is 46.6 Å². The second-order valence-electron chi connectivity index (χ2n) is 15.7. The van der Waals surface area contributed by atoms with Crippen molar-refractivity contribution in [3.8, 4) is 16.9 Å². The summed E-state index contributed by atoms with van der Waals surface area (Å²) in [6, 6.07) is 26.1. The number of likely N-dealkylation sites (tertiary alicyclic amines) is 1. The number of amides is 1. The topological polar surface area (TPSA) is 60.0 Å². The molecule has 0 aromatic heterocycles. The molecule has 4 rings (SSSR count). The van der Waals surface area contributed by atoms with E-state index in [1.165, 1.54) is 103 Å². The van der Waals surface area contributed by atoms with Gasteiger partial charge < -0.3 is 23.6 Å². The molecule has 1 aliphatic heterocycles. The minimum Gasteiger partial charge on any atom is -0.496 e. The van der Waals surface area contributed by atoms with E-state index in [1.54, 1.807) is 7.11 Å². The minimum absolute atomic E-state index is 0.00985. The van der Waals surface area contributed by atoms with Gasteiger partial charge in [0.2, 0.25) is 0 Å². The van der Waals surface area contributed by atoms with Crippen molar-refractivity contribution in [2.45, 2.75) is 115 Å². The molecule has 3 aromatic carbocycles. The number of hydrogen-bond acceptors (Lipinski definition) is 5. The van der Waals surface area contributed by atoms with Gasteiger partial charge >= 0.3 is 6.09 Å². The summed E-state index contributed by atoms with van der Waals surface area (Å²) >= 11 is 0. The molecule has 0 spiro atoms. The molecule has 1 fully saturated rings. The van der Waals surface area contributed by atoms with Crippen LogP contribution in [0.15, 0.2) is 78.9 Å². The van der Waals surface area contributed by atoms with Gasteiger partial charge in [0.25, 0.3) is 0 Å². The van der Waals surface area contributed by atoms with Crippen LogP contribution >= 0.6 is 0 Å². The Kier molecular flexibility index (Phi) is 19.8. The number of ether oxygens (including phenoxy) is 3. The van der Waals surface area contributed by atoms with E-state index in [1.807, 2.05) is 60.7 Å². The van der Waals surface area contributed by atoms with E-state index >= 15 is 0 Å².